The molecule has 2 N–H and O–H groups in total. The number of halogens is 2. The molecule has 0 aliphatic rings. The number of anilines is 2. The number of nitrogens with zero attached hydrogens (tertiary/aromatic N) is 2. The Labute approximate surface area is 193 Å². The van der Waals surface area contributed by atoms with E-state index in [-0.39, 0.29) is 23.1 Å². The highest BCUT2D eigenvalue weighted by molar-refractivity contribution is 5.86. The van der Waals surface area contributed by atoms with Crippen molar-refractivity contribution in [2.24, 2.45) is 0 Å². The summed E-state index contributed by atoms with van der Waals surface area (Å²) in [7, 11) is 0. The van der Waals surface area contributed by atoms with E-state index in [9.17, 15) is 18.4 Å². The van der Waals surface area contributed by atoms with Gasteiger partial charge in [-0.15, -0.1) is 0 Å². The number of carbonyl (C=O) groups is 2. The minimum Gasteiger partial charge on any atom is -0.410 e. The van der Waals surface area contributed by atoms with Gasteiger partial charge in [-0.1, -0.05) is 0 Å². The Morgan fingerprint density at radius 3 is 1.32 bits per heavy atom. The number of aromatic nitrogens is 2. The van der Waals surface area contributed by atoms with Crippen molar-refractivity contribution in [1.29, 1.82) is 0 Å². The van der Waals surface area contributed by atoms with Gasteiger partial charge in [0.05, 0.1) is 23.8 Å². The quantitative estimate of drug-likeness (QED) is 0.404. The zero-order valence-electron chi connectivity index (χ0n) is 17.5. The monoisotopic (exact) mass is 464 g/mol. The van der Waals surface area contributed by atoms with E-state index >= 15 is 0 Å². The normalized spacial score (nSPS) is 9.71. The number of nitrogens with one attached hydrogen (secondary N) is 2. The molecule has 0 atom stereocenters. The lowest BCUT2D eigenvalue weighted by Crippen LogP contribution is -2.16. The molecule has 8 nitrogen and oxygen atoms in total. The molecule has 2 heterocycles. The van der Waals surface area contributed by atoms with Gasteiger partial charge in [0.25, 0.3) is 0 Å². The number of hydrogen-bond donors (Lipinski definition) is 2. The Bertz CT molecular complexity index is 1100. The molecule has 0 spiro atoms. The molecule has 0 bridgehead atoms. The van der Waals surface area contributed by atoms with Crippen molar-refractivity contribution in [2.45, 2.75) is 0 Å². The molecular weight excluding hydrogens is 446 g/mol. The fraction of sp³-hybridized carbons (Fsp3) is 0. The molecule has 10 heteroatoms. The highest BCUT2D eigenvalue weighted by atomic mass is 19.1. The average molecular weight is 464 g/mol. The molecule has 4 aromatic rings. The number of hydrogen-bond acceptors (Lipinski definition) is 6. The van der Waals surface area contributed by atoms with E-state index in [2.05, 4.69) is 20.6 Å². The van der Waals surface area contributed by atoms with Crippen LogP contribution in [0.2, 0.25) is 0 Å². The van der Waals surface area contributed by atoms with E-state index in [1.807, 2.05) is 0 Å². The number of pyridine rings is 2. The van der Waals surface area contributed by atoms with Gasteiger partial charge in [0.15, 0.2) is 0 Å². The van der Waals surface area contributed by atoms with Crippen LogP contribution in [0, 0.1) is 11.6 Å². The van der Waals surface area contributed by atoms with Gasteiger partial charge in [-0.2, -0.15) is 0 Å². The van der Waals surface area contributed by atoms with Gasteiger partial charge in [-0.25, -0.2) is 18.4 Å². The lowest BCUT2D eigenvalue weighted by atomic mass is 10.3. The number of ether oxygens (including phenoxy) is 2. The Morgan fingerprint density at radius 2 is 1.00 bits per heavy atom. The van der Waals surface area contributed by atoms with Crippen LogP contribution in [0.3, 0.4) is 0 Å². The van der Waals surface area contributed by atoms with Crippen LogP contribution >= 0.6 is 0 Å². The van der Waals surface area contributed by atoms with Gasteiger partial charge in [-0.05, 0) is 72.8 Å². The highest BCUT2D eigenvalue weighted by Gasteiger charge is 2.06. The van der Waals surface area contributed by atoms with E-state index in [1.54, 1.807) is 36.7 Å². The molecule has 0 radical (unpaired) electrons. The van der Waals surface area contributed by atoms with Crippen molar-refractivity contribution < 1.29 is 27.8 Å². The van der Waals surface area contributed by atoms with Gasteiger partial charge in [0, 0.05) is 12.4 Å². The summed E-state index contributed by atoms with van der Waals surface area (Å²) in [6.45, 7) is 0. The molecule has 34 heavy (non-hydrogen) atoms. The largest absolute Gasteiger partial charge is 0.417 e. The van der Waals surface area contributed by atoms with Crippen LogP contribution in [-0.4, -0.2) is 22.2 Å². The van der Waals surface area contributed by atoms with Crippen molar-refractivity contribution in [3.8, 4) is 11.5 Å². The number of benzene rings is 2. The summed E-state index contributed by atoms with van der Waals surface area (Å²) in [6, 6.07) is 17.1. The molecule has 2 aromatic heterocycles. The molecule has 0 unspecified atom stereocenters. The summed E-state index contributed by atoms with van der Waals surface area (Å²) in [5, 5.41) is 4.98. The van der Waals surface area contributed by atoms with Crippen LogP contribution in [-0.2, 0) is 0 Å². The lowest BCUT2D eigenvalue weighted by molar-refractivity contribution is 0.214. The molecule has 0 fully saturated rings. The van der Waals surface area contributed by atoms with Crippen LogP contribution < -0.4 is 20.1 Å². The SMILES string of the molecule is O=C(Nc1cccnc1)Oc1ccc(F)cc1.O=C(Nc1cccnc1)Oc1ccc(F)cc1. The van der Waals surface area contributed by atoms with Crippen LogP contribution in [0.5, 0.6) is 11.5 Å². The third-order valence-electron chi connectivity index (χ3n) is 3.86. The molecule has 0 saturated carbocycles. The number of rotatable bonds is 4. The first-order valence-electron chi connectivity index (χ1n) is 9.77. The molecular formula is C24H18F2N4O4. The first-order valence-corrected chi connectivity index (χ1v) is 9.77. The Morgan fingerprint density at radius 1 is 0.618 bits per heavy atom. The van der Waals surface area contributed by atoms with E-state index in [1.165, 1.54) is 60.9 Å². The first-order chi connectivity index (χ1) is 16.5. The van der Waals surface area contributed by atoms with Crippen LogP contribution in [0.1, 0.15) is 0 Å². The van der Waals surface area contributed by atoms with Crippen LogP contribution in [0.15, 0.2) is 97.6 Å². The van der Waals surface area contributed by atoms with Crippen molar-refractivity contribution in [1.82, 2.24) is 9.97 Å². The zero-order valence-corrected chi connectivity index (χ0v) is 17.5. The predicted octanol–water partition coefficient (Wildman–Crippen LogP) is 5.66. The molecule has 0 saturated heterocycles. The third kappa shape index (κ3) is 8.35. The van der Waals surface area contributed by atoms with E-state index in [0.29, 0.717) is 11.4 Å². The van der Waals surface area contributed by atoms with Gasteiger partial charge in [0.2, 0.25) is 0 Å². The second-order valence-electron chi connectivity index (χ2n) is 6.42. The second kappa shape index (κ2) is 12.2. The molecule has 0 aliphatic heterocycles. The fourth-order valence-electron chi connectivity index (χ4n) is 2.38. The maximum absolute atomic E-state index is 12.6. The van der Waals surface area contributed by atoms with Crippen molar-refractivity contribution in [3.05, 3.63) is 109 Å². The minimum atomic E-state index is -0.649. The second-order valence-corrected chi connectivity index (χ2v) is 6.42. The summed E-state index contributed by atoms with van der Waals surface area (Å²) >= 11 is 0. The standard InChI is InChI=1S/2C12H9FN2O2/c2*13-9-3-5-11(6-4-9)17-12(16)15-10-2-1-7-14-8-10/h2*1-8H,(H,15,16). The van der Waals surface area contributed by atoms with Gasteiger partial charge < -0.3 is 9.47 Å². The molecule has 172 valence electrons. The van der Waals surface area contributed by atoms with Crippen LogP contribution in [0.25, 0.3) is 0 Å². The summed E-state index contributed by atoms with van der Waals surface area (Å²) in [5.74, 6) is -0.226. The first kappa shape index (κ1) is 23.8. The zero-order chi connectivity index (χ0) is 24.2. The smallest absolute Gasteiger partial charge is 0.410 e. The maximum atomic E-state index is 12.6. The Kier molecular flexibility index (Phi) is 8.57. The summed E-state index contributed by atoms with van der Waals surface area (Å²) in [6.07, 6.45) is 4.87. The van der Waals surface area contributed by atoms with Gasteiger partial charge >= 0.3 is 12.2 Å². The Hall–Kier alpha value is -4.86. The topological polar surface area (TPSA) is 102 Å². The summed E-state index contributed by atoms with van der Waals surface area (Å²) in [4.78, 5) is 30.5. The van der Waals surface area contributed by atoms with Crippen molar-refractivity contribution in [3.63, 3.8) is 0 Å². The van der Waals surface area contributed by atoms with E-state index in [0.717, 1.165) is 0 Å². The Balaban J connectivity index is 0.000000191. The van der Waals surface area contributed by atoms with Gasteiger partial charge in [0.1, 0.15) is 23.1 Å². The van der Waals surface area contributed by atoms with Crippen molar-refractivity contribution in [2.75, 3.05) is 10.6 Å². The molecule has 0 aliphatic carbocycles. The maximum Gasteiger partial charge on any atom is 0.417 e. The number of amides is 2. The minimum absolute atomic E-state index is 0.271. The molecule has 4 rings (SSSR count). The molecule has 2 amide bonds. The molecule has 2 aromatic carbocycles. The third-order valence-corrected chi connectivity index (χ3v) is 3.86. The summed E-state index contributed by atoms with van der Waals surface area (Å²) in [5.41, 5.74) is 1.05. The number of carbonyl (C=O) groups excluding carboxylic acids is 2. The summed E-state index contributed by atoms with van der Waals surface area (Å²) < 4.78 is 35.1. The fourth-order valence-corrected chi connectivity index (χ4v) is 2.38. The van der Waals surface area contributed by atoms with Crippen molar-refractivity contribution >= 4 is 23.6 Å². The lowest BCUT2D eigenvalue weighted by Gasteiger charge is -2.05. The van der Waals surface area contributed by atoms with Gasteiger partial charge in [-0.3, -0.25) is 20.6 Å². The van der Waals surface area contributed by atoms with E-state index < -0.39 is 12.2 Å². The van der Waals surface area contributed by atoms with E-state index in [4.69, 9.17) is 9.47 Å². The average Bonchev–Trinajstić information content (AvgIpc) is 2.84. The highest BCUT2D eigenvalue weighted by Crippen LogP contribution is 2.13. The predicted molar refractivity (Wildman–Crippen MR) is 121 cm³/mol. The van der Waals surface area contributed by atoms with Crippen LogP contribution in [0.4, 0.5) is 29.7 Å².